The zero-order valence-electron chi connectivity index (χ0n) is 15.1. The number of hydrogen-bond acceptors (Lipinski definition) is 4. The van der Waals surface area contributed by atoms with Crippen LogP contribution in [-0.4, -0.2) is 22.9 Å². The lowest BCUT2D eigenvalue weighted by Crippen LogP contribution is -2.23. The van der Waals surface area contributed by atoms with Crippen molar-refractivity contribution in [2.75, 3.05) is 16.8 Å². The third-order valence-corrected chi connectivity index (χ3v) is 4.62. The largest absolute Gasteiger partial charge is 0.454 e. The molecule has 1 aromatic carbocycles. The van der Waals surface area contributed by atoms with Crippen molar-refractivity contribution in [3.05, 3.63) is 82.7 Å². The average Bonchev–Trinajstić information content (AvgIpc) is 3.33. The quantitative estimate of drug-likeness (QED) is 0.741. The second-order valence-corrected chi connectivity index (χ2v) is 6.58. The number of benzene rings is 1. The van der Waals surface area contributed by atoms with Crippen molar-refractivity contribution in [3.63, 3.8) is 0 Å². The molecule has 0 bridgehead atoms. The van der Waals surface area contributed by atoms with Crippen molar-refractivity contribution in [1.82, 2.24) is 4.57 Å². The van der Waals surface area contributed by atoms with Gasteiger partial charge < -0.3 is 19.2 Å². The summed E-state index contributed by atoms with van der Waals surface area (Å²) in [5.41, 5.74) is 1.30. The highest BCUT2D eigenvalue weighted by Gasteiger charge is 2.21. The molecule has 0 saturated carbocycles. The number of rotatable bonds is 5. The first-order valence-corrected chi connectivity index (χ1v) is 9.06. The molecule has 1 aliphatic heterocycles. The number of pyridine rings is 1. The van der Waals surface area contributed by atoms with Gasteiger partial charge in [0, 0.05) is 36.6 Å². The lowest BCUT2D eigenvalue weighted by molar-refractivity contribution is -0.117. The molecule has 1 saturated heterocycles. The van der Waals surface area contributed by atoms with Gasteiger partial charge in [0.25, 0.3) is 11.5 Å². The van der Waals surface area contributed by atoms with E-state index < -0.39 is 0 Å². The van der Waals surface area contributed by atoms with Gasteiger partial charge in [0.05, 0.1) is 6.54 Å². The van der Waals surface area contributed by atoms with Gasteiger partial charge in [-0.05, 0) is 48.9 Å². The maximum absolute atomic E-state index is 12.4. The number of carbonyl (C=O) groups excluding carboxylic acids is 2. The van der Waals surface area contributed by atoms with Crippen molar-refractivity contribution in [2.24, 2.45) is 0 Å². The van der Waals surface area contributed by atoms with Gasteiger partial charge in [0.1, 0.15) is 5.76 Å². The Morgan fingerprint density at radius 3 is 2.57 bits per heavy atom. The summed E-state index contributed by atoms with van der Waals surface area (Å²) in [5.74, 6) is 0.424. The number of anilines is 2. The minimum atomic E-state index is -0.378. The zero-order valence-corrected chi connectivity index (χ0v) is 15.1. The predicted molar refractivity (Wildman–Crippen MR) is 104 cm³/mol. The van der Waals surface area contributed by atoms with Crippen molar-refractivity contribution in [2.45, 2.75) is 19.4 Å². The number of nitrogens with zero attached hydrogens (tertiary/aromatic N) is 2. The van der Waals surface area contributed by atoms with Gasteiger partial charge in [0.2, 0.25) is 5.91 Å². The number of furan rings is 1. The van der Waals surface area contributed by atoms with Crippen molar-refractivity contribution < 1.29 is 14.0 Å². The van der Waals surface area contributed by atoms with Crippen LogP contribution in [0, 0.1) is 0 Å². The van der Waals surface area contributed by atoms with Crippen molar-refractivity contribution in [1.29, 1.82) is 0 Å². The lowest BCUT2D eigenvalue weighted by atomic mass is 10.2. The van der Waals surface area contributed by atoms with Crippen molar-refractivity contribution in [3.8, 4) is 0 Å². The van der Waals surface area contributed by atoms with Crippen LogP contribution in [0.4, 0.5) is 11.4 Å². The van der Waals surface area contributed by atoms with Crippen LogP contribution >= 0.6 is 0 Å². The van der Waals surface area contributed by atoms with Gasteiger partial charge in [-0.2, -0.15) is 0 Å². The van der Waals surface area contributed by atoms with Crippen LogP contribution in [0.1, 0.15) is 29.2 Å². The van der Waals surface area contributed by atoms with E-state index in [1.165, 1.54) is 10.6 Å². The second-order valence-electron chi connectivity index (χ2n) is 6.58. The van der Waals surface area contributed by atoms with E-state index in [0.29, 0.717) is 17.9 Å². The predicted octanol–water partition coefficient (Wildman–Crippen LogP) is 2.87. The number of carbonyl (C=O) groups is 2. The monoisotopic (exact) mass is 377 g/mol. The Hall–Kier alpha value is -3.61. The molecule has 2 amide bonds. The first kappa shape index (κ1) is 17.8. The summed E-state index contributed by atoms with van der Waals surface area (Å²) >= 11 is 0. The summed E-state index contributed by atoms with van der Waals surface area (Å²) < 4.78 is 7.07. The Kier molecular flexibility index (Phi) is 4.80. The van der Waals surface area contributed by atoms with E-state index >= 15 is 0 Å². The van der Waals surface area contributed by atoms with Crippen molar-refractivity contribution >= 4 is 23.2 Å². The number of nitrogens with one attached hydrogen (secondary N) is 1. The number of hydrogen-bond donors (Lipinski definition) is 1. The molecule has 3 aromatic rings. The molecule has 0 radical (unpaired) electrons. The van der Waals surface area contributed by atoms with Crippen LogP contribution in [0.3, 0.4) is 0 Å². The van der Waals surface area contributed by atoms with Crippen LogP contribution in [0.5, 0.6) is 0 Å². The fourth-order valence-corrected chi connectivity index (χ4v) is 3.18. The molecule has 0 atom stereocenters. The Morgan fingerprint density at radius 2 is 1.86 bits per heavy atom. The third kappa shape index (κ3) is 3.73. The minimum absolute atomic E-state index is 0.123. The Bertz CT molecular complexity index is 1070. The fourth-order valence-electron chi connectivity index (χ4n) is 3.18. The maximum Gasteiger partial charge on any atom is 0.291 e. The molecule has 4 rings (SSSR count). The summed E-state index contributed by atoms with van der Waals surface area (Å²) in [6.07, 6.45) is 3.11. The highest BCUT2D eigenvalue weighted by Crippen LogP contribution is 2.23. The van der Waals surface area contributed by atoms with E-state index in [0.717, 1.165) is 18.7 Å². The van der Waals surface area contributed by atoms with Crippen LogP contribution in [0.25, 0.3) is 0 Å². The van der Waals surface area contributed by atoms with Gasteiger partial charge in [-0.25, -0.2) is 0 Å². The number of amides is 2. The Labute approximate surface area is 161 Å². The van der Waals surface area contributed by atoms with E-state index in [1.54, 1.807) is 47.5 Å². The molecule has 0 unspecified atom stereocenters. The van der Waals surface area contributed by atoms with Gasteiger partial charge in [-0.3, -0.25) is 14.4 Å². The Balaban J connectivity index is 1.41. The van der Waals surface area contributed by atoms with Gasteiger partial charge >= 0.3 is 0 Å². The molecule has 28 heavy (non-hydrogen) atoms. The molecule has 3 heterocycles. The summed E-state index contributed by atoms with van der Waals surface area (Å²) in [4.78, 5) is 37.7. The normalized spacial score (nSPS) is 13.7. The molecular weight excluding hydrogens is 358 g/mol. The van der Waals surface area contributed by atoms with E-state index in [9.17, 15) is 14.4 Å². The molecule has 1 fully saturated rings. The standard InChI is InChI=1S/C21H19N3O4/c25-19-4-1-2-12-23(19)14-17-10-11-18(28-17)21(27)22-15-6-8-16(9-7-15)24-13-3-5-20(24)26/h1-2,4,6-12H,3,5,13-14H2,(H,22,27). The smallest absolute Gasteiger partial charge is 0.291 e. The molecule has 2 aromatic heterocycles. The average molecular weight is 377 g/mol. The highest BCUT2D eigenvalue weighted by atomic mass is 16.4. The SMILES string of the molecule is O=C(Nc1ccc(N2CCCC2=O)cc1)c1ccc(Cn2ccccc2=O)o1. The third-order valence-electron chi connectivity index (χ3n) is 4.62. The lowest BCUT2D eigenvalue weighted by Gasteiger charge is -2.16. The molecule has 0 spiro atoms. The van der Waals surface area contributed by atoms with Crippen LogP contribution < -0.4 is 15.8 Å². The van der Waals surface area contributed by atoms with Gasteiger partial charge in [-0.15, -0.1) is 0 Å². The number of aromatic nitrogens is 1. The summed E-state index contributed by atoms with van der Waals surface area (Å²) in [6, 6.07) is 15.3. The first-order valence-electron chi connectivity index (χ1n) is 9.06. The van der Waals surface area contributed by atoms with E-state index in [-0.39, 0.29) is 29.7 Å². The highest BCUT2D eigenvalue weighted by molar-refractivity contribution is 6.02. The molecule has 7 nitrogen and oxygen atoms in total. The zero-order chi connectivity index (χ0) is 19.5. The maximum atomic E-state index is 12.4. The Morgan fingerprint density at radius 1 is 1.04 bits per heavy atom. The first-order chi connectivity index (χ1) is 13.6. The van der Waals surface area contributed by atoms with E-state index in [4.69, 9.17) is 4.42 Å². The summed E-state index contributed by atoms with van der Waals surface area (Å²) in [6.45, 7) is 0.982. The fraction of sp³-hybridized carbons (Fsp3) is 0.190. The van der Waals surface area contributed by atoms with Crippen LogP contribution in [0.15, 0.2) is 70.0 Å². The minimum Gasteiger partial charge on any atom is -0.454 e. The molecule has 7 heteroatoms. The molecular formula is C21H19N3O4. The summed E-state index contributed by atoms with van der Waals surface area (Å²) in [5, 5.41) is 2.77. The summed E-state index contributed by atoms with van der Waals surface area (Å²) in [7, 11) is 0. The molecule has 1 N–H and O–H groups in total. The second kappa shape index (κ2) is 7.56. The van der Waals surface area contributed by atoms with Gasteiger partial charge in [0.15, 0.2) is 5.76 Å². The molecule has 0 aliphatic carbocycles. The van der Waals surface area contributed by atoms with Crippen LogP contribution in [0.2, 0.25) is 0 Å². The molecule has 142 valence electrons. The topological polar surface area (TPSA) is 84.5 Å². The molecule has 1 aliphatic rings. The van der Waals surface area contributed by atoms with Crippen LogP contribution in [-0.2, 0) is 11.3 Å². The van der Waals surface area contributed by atoms with Gasteiger partial charge in [-0.1, -0.05) is 6.07 Å². The van der Waals surface area contributed by atoms with E-state index in [2.05, 4.69) is 5.32 Å². The van der Waals surface area contributed by atoms with E-state index in [1.807, 2.05) is 12.1 Å².